The van der Waals surface area contributed by atoms with Gasteiger partial charge in [0.25, 0.3) is 10.0 Å². The van der Waals surface area contributed by atoms with Crippen molar-refractivity contribution in [2.24, 2.45) is 0 Å². The molecule has 0 fully saturated rings. The molecule has 9 heteroatoms. The molecule has 0 saturated heterocycles. The van der Waals surface area contributed by atoms with E-state index in [-0.39, 0.29) is 15.8 Å². The number of carbonyl (C=O) groups excluding carboxylic acids is 1. The van der Waals surface area contributed by atoms with Crippen LogP contribution in [0.3, 0.4) is 0 Å². The standard InChI is InChI=1S/C22H30N2O5S2/c1-6-15(4)23-31(27,28)22-19(21(26)29-5)17-7-8-24(12-18(17)30-22)11-16-9-13(2)20(25)14(3)10-16/h9-10,15,23,25H,6-8,11-12H2,1-5H3/t15-/m1/s1. The molecule has 170 valence electrons. The maximum Gasteiger partial charge on any atom is 0.340 e. The van der Waals surface area contributed by atoms with Crippen LogP contribution >= 0.6 is 11.3 Å². The minimum Gasteiger partial charge on any atom is -0.507 e. The number of phenols is 1. The lowest BCUT2D eigenvalue weighted by molar-refractivity contribution is 0.0595. The summed E-state index contributed by atoms with van der Waals surface area (Å²) < 4.78 is 33.6. The van der Waals surface area contributed by atoms with E-state index in [0.29, 0.717) is 38.2 Å². The van der Waals surface area contributed by atoms with Crippen molar-refractivity contribution in [1.29, 1.82) is 0 Å². The summed E-state index contributed by atoms with van der Waals surface area (Å²) in [5.41, 5.74) is 3.71. The predicted octanol–water partition coefficient (Wildman–Crippen LogP) is 3.49. The van der Waals surface area contributed by atoms with E-state index in [1.165, 1.54) is 7.11 Å². The lowest BCUT2D eigenvalue weighted by Gasteiger charge is -2.27. The van der Waals surface area contributed by atoms with Crippen LogP contribution in [0.15, 0.2) is 16.3 Å². The number of rotatable bonds is 7. The third-order valence-corrected chi connectivity index (χ3v) is 8.99. The molecule has 0 spiro atoms. The van der Waals surface area contributed by atoms with Crippen LogP contribution in [0.1, 0.15) is 57.8 Å². The second-order valence-corrected chi connectivity index (χ2v) is 11.1. The van der Waals surface area contributed by atoms with Crippen molar-refractivity contribution in [3.05, 3.63) is 44.8 Å². The summed E-state index contributed by atoms with van der Waals surface area (Å²) in [5.74, 6) is -0.297. The van der Waals surface area contributed by atoms with E-state index in [1.54, 1.807) is 6.92 Å². The quantitative estimate of drug-likeness (QED) is 0.607. The number of hydrogen-bond acceptors (Lipinski definition) is 7. The van der Waals surface area contributed by atoms with Crippen molar-refractivity contribution in [2.75, 3.05) is 13.7 Å². The van der Waals surface area contributed by atoms with Gasteiger partial charge in [-0.2, -0.15) is 0 Å². The van der Waals surface area contributed by atoms with Crippen molar-refractivity contribution in [2.45, 2.75) is 63.9 Å². The molecule has 31 heavy (non-hydrogen) atoms. The highest BCUT2D eigenvalue weighted by molar-refractivity contribution is 7.91. The van der Waals surface area contributed by atoms with Gasteiger partial charge in [0.15, 0.2) is 0 Å². The number of carbonyl (C=O) groups is 1. The fourth-order valence-corrected chi connectivity index (χ4v) is 7.13. The first-order valence-electron chi connectivity index (χ1n) is 10.3. The molecule has 0 saturated carbocycles. The first-order valence-corrected chi connectivity index (χ1v) is 12.6. The number of fused-ring (bicyclic) bond motifs is 1. The van der Waals surface area contributed by atoms with Crippen LogP contribution in [-0.4, -0.2) is 44.1 Å². The zero-order valence-corrected chi connectivity index (χ0v) is 20.2. The average molecular weight is 467 g/mol. The molecule has 1 aromatic heterocycles. The second kappa shape index (κ2) is 9.28. The molecule has 3 rings (SSSR count). The van der Waals surface area contributed by atoms with Gasteiger partial charge in [-0.1, -0.05) is 19.1 Å². The van der Waals surface area contributed by atoms with Crippen LogP contribution in [-0.2, 0) is 34.3 Å². The van der Waals surface area contributed by atoms with Crippen LogP contribution in [0.4, 0.5) is 0 Å². The fraction of sp³-hybridized carbons (Fsp3) is 0.500. The summed E-state index contributed by atoms with van der Waals surface area (Å²) in [6.07, 6.45) is 1.22. The molecule has 0 bridgehead atoms. The Morgan fingerprint density at radius 3 is 2.55 bits per heavy atom. The number of nitrogens with one attached hydrogen (secondary N) is 1. The monoisotopic (exact) mass is 466 g/mol. The van der Waals surface area contributed by atoms with Gasteiger partial charge in [-0.3, -0.25) is 4.90 Å². The van der Waals surface area contributed by atoms with E-state index >= 15 is 0 Å². The summed E-state index contributed by atoms with van der Waals surface area (Å²) >= 11 is 1.16. The van der Waals surface area contributed by atoms with E-state index in [9.17, 15) is 18.3 Å². The number of aromatic hydroxyl groups is 1. The van der Waals surface area contributed by atoms with Gasteiger partial charge in [0.1, 0.15) is 9.96 Å². The topological polar surface area (TPSA) is 95.9 Å². The average Bonchev–Trinajstić information content (AvgIpc) is 3.10. The number of sulfonamides is 1. The first-order chi connectivity index (χ1) is 14.6. The Kier molecular flexibility index (Phi) is 7.10. The fourth-order valence-electron chi connectivity index (χ4n) is 3.86. The Hall–Kier alpha value is -1.94. The van der Waals surface area contributed by atoms with E-state index in [1.807, 2.05) is 32.9 Å². The lowest BCUT2D eigenvalue weighted by Crippen LogP contribution is -2.32. The van der Waals surface area contributed by atoms with E-state index in [4.69, 9.17) is 4.74 Å². The van der Waals surface area contributed by atoms with Gasteiger partial charge in [0.05, 0.1) is 12.7 Å². The molecule has 2 heterocycles. The molecule has 1 aliphatic heterocycles. The van der Waals surface area contributed by atoms with Crippen LogP contribution in [0.25, 0.3) is 0 Å². The molecular weight excluding hydrogens is 436 g/mol. The largest absolute Gasteiger partial charge is 0.507 e. The van der Waals surface area contributed by atoms with Gasteiger partial charge in [-0.25, -0.2) is 17.9 Å². The molecule has 0 aliphatic carbocycles. The van der Waals surface area contributed by atoms with Gasteiger partial charge >= 0.3 is 5.97 Å². The number of phenolic OH excluding ortho intramolecular Hbond substituents is 1. The number of aryl methyl sites for hydroxylation is 2. The third-order valence-electron chi connectivity index (χ3n) is 5.66. The molecule has 0 unspecified atom stereocenters. The Morgan fingerprint density at radius 1 is 1.32 bits per heavy atom. The molecule has 7 nitrogen and oxygen atoms in total. The number of nitrogens with zero attached hydrogens (tertiary/aromatic N) is 1. The maximum atomic E-state index is 13.0. The summed E-state index contributed by atoms with van der Waals surface area (Å²) in [6, 6.07) is 3.71. The number of thiophene rings is 1. The van der Waals surface area contributed by atoms with E-state index in [2.05, 4.69) is 9.62 Å². The highest BCUT2D eigenvalue weighted by Crippen LogP contribution is 2.37. The van der Waals surface area contributed by atoms with Gasteiger partial charge in [0, 0.05) is 30.6 Å². The molecule has 2 aromatic rings. The third kappa shape index (κ3) is 4.95. The van der Waals surface area contributed by atoms with Crippen molar-refractivity contribution in [3.63, 3.8) is 0 Å². The predicted molar refractivity (Wildman–Crippen MR) is 121 cm³/mol. The molecule has 1 atom stereocenters. The van der Waals surface area contributed by atoms with Crippen LogP contribution in [0.5, 0.6) is 5.75 Å². The Labute approximate surface area is 188 Å². The summed E-state index contributed by atoms with van der Waals surface area (Å²) in [5, 5.41) is 10.0. The smallest absolute Gasteiger partial charge is 0.340 e. The van der Waals surface area contributed by atoms with Crippen LogP contribution in [0.2, 0.25) is 0 Å². The molecular formula is C22H30N2O5S2. The van der Waals surface area contributed by atoms with Crippen molar-refractivity contribution in [3.8, 4) is 5.75 Å². The number of hydrogen-bond donors (Lipinski definition) is 2. The Balaban J connectivity index is 1.92. The van der Waals surface area contributed by atoms with Crippen molar-refractivity contribution >= 4 is 27.3 Å². The van der Waals surface area contributed by atoms with Gasteiger partial charge in [-0.05, 0) is 55.9 Å². The highest BCUT2D eigenvalue weighted by Gasteiger charge is 2.34. The van der Waals surface area contributed by atoms with Crippen molar-refractivity contribution < 1.29 is 23.1 Å². The molecule has 0 amide bonds. The summed E-state index contributed by atoms with van der Waals surface area (Å²) in [7, 11) is -2.55. The molecule has 2 N–H and O–H groups in total. The first kappa shape index (κ1) is 23.7. The summed E-state index contributed by atoms with van der Waals surface area (Å²) in [4.78, 5) is 15.6. The minimum absolute atomic E-state index is 0.0443. The molecule has 1 aromatic carbocycles. The summed E-state index contributed by atoms with van der Waals surface area (Å²) in [6.45, 7) is 9.39. The second-order valence-electron chi connectivity index (χ2n) is 8.13. The van der Waals surface area contributed by atoms with Gasteiger partial charge < -0.3 is 9.84 Å². The molecule has 1 aliphatic rings. The maximum absolute atomic E-state index is 13.0. The van der Waals surface area contributed by atoms with Gasteiger partial charge in [-0.15, -0.1) is 11.3 Å². The lowest BCUT2D eigenvalue weighted by atomic mass is 10.0. The SMILES string of the molecule is CC[C@@H](C)NS(=O)(=O)c1sc2c(c1C(=O)OC)CCN(Cc1cc(C)c(O)c(C)c1)C2. The number of methoxy groups -OCH3 is 1. The number of esters is 1. The van der Waals surface area contributed by atoms with Crippen molar-refractivity contribution in [1.82, 2.24) is 9.62 Å². The number of benzene rings is 1. The minimum atomic E-state index is -3.82. The zero-order valence-electron chi connectivity index (χ0n) is 18.6. The Bertz CT molecular complexity index is 1070. The number of ether oxygens (including phenoxy) is 1. The normalized spacial score (nSPS) is 15.5. The Morgan fingerprint density at radius 2 is 1.97 bits per heavy atom. The van der Waals surface area contributed by atoms with E-state index in [0.717, 1.165) is 38.5 Å². The zero-order chi connectivity index (χ0) is 22.9. The molecule has 0 radical (unpaired) electrons. The van der Waals surface area contributed by atoms with E-state index < -0.39 is 16.0 Å². The highest BCUT2D eigenvalue weighted by atomic mass is 32.2. The van der Waals surface area contributed by atoms with Gasteiger partial charge in [0.2, 0.25) is 0 Å². The van der Waals surface area contributed by atoms with Crippen LogP contribution < -0.4 is 4.72 Å². The van der Waals surface area contributed by atoms with Crippen LogP contribution in [0, 0.1) is 13.8 Å².